The van der Waals surface area contributed by atoms with Gasteiger partial charge in [-0.3, -0.25) is 14.6 Å². The summed E-state index contributed by atoms with van der Waals surface area (Å²) in [6, 6.07) is 7.22. The summed E-state index contributed by atoms with van der Waals surface area (Å²) in [6.07, 6.45) is 2.32. The van der Waals surface area contributed by atoms with Gasteiger partial charge < -0.3 is 10.1 Å². The predicted molar refractivity (Wildman–Crippen MR) is 145 cm³/mol. The first kappa shape index (κ1) is 27.9. The van der Waals surface area contributed by atoms with Crippen LogP contribution in [0.2, 0.25) is 0 Å². The monoisotopic (exact) mass is 560 g/mol. The van der Waals surface area contributed by atoms with Gasteiger partial charge in [0.25, 0.3) is 11.8 Å². The fourth-order valence-corrected chi connectivity index (χ4v) is 9.92. The molecule has 2 saturated carbocycles. The molecule has 5 rings (SSSR count). The molecule has 10 nitrogen and oxygen atoms in total. The largest absolute Gasteiger partial charge is 0.444 e. The van der Waals surface area contributed by atoms with E-state index < -0.39 is 51.0 Å². The minimum absolute atomic E-state index is 0.00816. The highest BCUT2D eigenvalue weighted by molar-refractivity contribution is 7.90. The third-order valence-electron chi connectivity index (χ3n) is 9.42. The zero-order valence-electron chi connectivity index (χ0n) is 23.4. The molecule has 39 heavy (non-hydrogen) atoms. The van der Waals surface area contributed by atoms with Crippen molar-refractivity contribution >= 4 is 27.9 Å². The lowest BCUT2D eigenvalue weighted by Gasteiger charge is -2.37. The van der Waals surface area contributed by atoms with Crippen LogP contribution in [0.15, 0.2) is 30.3 Å². The maximum absolute atomic E-state index is 13.7. The first-order chi connectivity index (χ1) is 18.1. The molecule has 2 aliphatic heterocycles. The molecule has 2 aliphatic carbocycles. The van der Waals surface area contributed by atoms with Crippen LogP contribution < -0.4 is 10.7 Å². The third-order valence-corrected chi connectivity index (χ3v) is 11.3. The number of ether oxygens (including phenoxy) is 1. The molecule has 1 spiro atoms. The molecule has 1 aromatic carbocycles. The van der Waals surface area contributed by atoms with Crippen molar-refractivity contribution in [2.75, 3.05) is 12.3 Å². The molecule has 0 radical (unpaired) electrons. The molecule has 214 valence electrons. The molecule has 11 heteroatoms. The van der Waals surface area contributed by atoms with Gasteiger partial charge in [0.05, 0.1) is 11.8 Å². The van der Waals surface area contributed by atoms with Crippen LogP contribution in [0.3, 0.4) is 0 Å². The van der Waals surface area contributed by atoms with Gasteiger partial charge in [0, 0.05) is 18.4 Å². The van der Waals surface area contributed by atoms with Crippen molar-refractivity contribution in [2.45, 2.75) is 90.4 Å². The molecule has 5 atom stereocenters. The summed E-state index contributed by atoms with van der Waals surface area (Å²) in [4.78, 5) is 39.9. The number of rotatable bonds is 5. The number of nitrogens with zero attached hydrogens (tertiary/aromatic N) is 2. The zero-order valence-corrected chi connectivity index (χ0v) is 24.2. The number of carbonyl (C=O) groups excluding carboxylic acids is 3. The van der Waals surface area contributed by atoms with Crippen molar-refractivity contribution in [3.8, 4) is 0 Å². The van der Waals surface area contributed by atoms with Gasteiger partial charge in [-0.15, -0.1) is 0 Å². The van der Waals surface area contributed by atoms with E-state index in [2.05, 4.69) is 24.6 Å². The van der Waals surface area contributed by atoms with Gasteiger partial charge in [0.15, 0.2) is 0 Å². The molecule has 0 aromatic heterocycles. The Morgan fingerprint density at radius 3 is 2.49 bits per heavy atom. The van der Waals surface area contributed by atoms with Gasteiger partial charge >= 0.3 is 6.09 Å². The fraction of sp³-hybridized carbons (Fsp3) is 0.679. The van der Waals surface area contributed by atoms with Crippen LogP contribution in [-0.4, -0.2) is 71.7 Å². The summed E-state index contributed by atoms with van der Waals surface area (Å²) in [6.45, 7) is 9.74. The average molecular weight is 561 g/mol. The second kappa shape index (κ2) is 9.47. The Bertz CT molecular complexity index is 1260. The van der Waals surface area contributed by atoms with Gasteiger partial charge in [-0.05, 0) is 63.4 Å². The topological polar surface area (TPSA) is 125 Å². The van der Waals surface area contributed by atoms with Crippen LogP contribution in [0.25, 0.3) is 0 Å². The van der Waals surface area contributed by atoms with Crippen molar-refractivity contribution < 1.29 is 27.5 Å². The van der Waals surface area contributed by atoms with Gasteiger partial charge in [-0.2, -0.15) is 0 Å². The lowest BCUT2D eigenvalue weighted by atomic mass is 9.69. The van der Waals surface area contributed by atoms with E-state index >= 15 is 0 Å². The van der Waals surface area contributed by atoms with Crippen molar-refractivity contribution in [3.05, 3.63) is 35.9 Å². The minimum atomic E-state index is -3.76. The molecule has 4 fully saturated rings. The number of sulfonamides is 1. The molecule has 2 N–H and O–H groups in total. The van der Waals surface area contributed by atoms with Gasteiger partial charge in [-0.1, -0.05) is 44.2 Å². The smallest absolute Gasteiger partial charge is 0.408 e. The molecule has 3 amide bonds. The Hall–Kier alpha value is -2.66. The van der Waals surface area contributed by atoms with Gasteiger partial charge in [0.2, 0.25) is 10.0 Å². The Balaban J connectivity index is 1.31. The quantitative estimate of drug-likeness (QED) is 0.567. The van der Waals surface area contributed by atoms with Crippen LogP contribution in [0, 0.1) is 16.7 Å². The van der Waals surface area contributed by atoms with E-state index in [1.807, 2.05) is 30.3 Å². The maximum atomic E-state index is 13.7. The number of carbonyl (C=O) groups is 3. The molecular weight excluding hydrogens is 520 g/mol. The Morgan fingerprint density at radius 2 is 1.85 bits per heavy atom. The van der Waals surface area contributed by atoms with Crippen LogP contribution >= 0.6 is 0 Å². The molecule has 0 unspecified atom stereocenters. The highest BCUT2D eigenvalue weighted by Gasteiger charge is 2.72. The number of amides is 3. The molecule has 1 aromatic rings. The van der Waals surface area contributed by atoms with Crippen molar-refractivity contribution in [1.29, 1.82) is 0 Å². The standard InChI is InChI=1S/C28H40N4O6S/c1-26(2,3)38-25(35)29-21(15-18-9-7-6-8-10-18)23(33)31-14-12-20(30-31)24(34)32-22-16-19-11-13-28(22,27(19,4)5)17-39(32,36)37/h6-10,19-22,30H,11-17H2,1-5H3,(H,29,35)/t19-,20-,21-,22-,28-/m0/s1. The van der Waals surface area contributed by atoms with E-state index in [-0.39, 0.29) is 36.6 Å². The summed E-state index contributed by atoms with van der Waals surface area (Å²) in [7, 11) is -3.76. The summed E-state index contributed by atoms with van der Waals surface area (Å²) in [5, 5.41) is 4.01. The van der Waals surface area contributed by atoms with Crippen LogP contribution in [-0.2, 0) is 30.8 Å². The molecule has 2 bridgehead atoms. The lowest BCUT2D eigenvalue weighted by molar-refractivity contribution is -0.137. The number of benzene rings is 1. The second-order valence-electron chi connectivity index (χ2n) is 13.1. The maximum Gasteiger partial charge on any atom is 0.408 e. The number of nitrogens with one attached hydrogen (secondary N) is 2. The normalized spacial score (nSPS) is 31.2. The van der Waals surface area contributed by atoms with E-state index in [1.54, 1.807) is 20.8 Å². The van der Waals surface area contributed by atoms with Gasteiger partial charge in [-0.25, -0.2) is 22.9 Å². The second-order valence-corrected chi connectivity index (χ2v) is 14.9. The number of hydrogen-bond donors (Lipinski definition) is 2. The summed E-state index contributed by atoms with van der Waals surface area (Å²) < 4.78 is 33.2. The van der Waals surface area contributed by atoms with Crippen molar-refractivity contribution in [1.82, 2.24) is 20.1 Å². The first-order valence-electron chi connectivity index (χ1n) is 13.8. The minimum Gasteiger partial charge on any atom is -0.444 e. The summed E-state index contributed by atoms with van der Waals surface area (Å²) >= 11 is 0. The highest BCUT2D eigenvalue weighted by atomic mass is 32.2. The average Bonchev–Trinajstić information content (AvgIpc) is 3.52. The van der Waals surface area contributed by atoms with E-state index in [1.165, 1.54) is 5.01 Å². The number of hydrazine groups is 1. The summed E-state index contributed by atoms with van der Waals surface area (Å²) in [5.74, 6) is -0.494. The first-order valence-corrected chi connectivity index (χ1v) is 15.4. The lowest BCUT2D eigenvalue weighted by Crippen LogP contribution is -2.56. The van der Waals surface area contributed by atoms with E-state index in [0.717, 1.165) is 22.7 Å². The third kappa shape index (κ3) is 4.81. The Morgan fingerprint density at radius 1 is 1.15 bits per heavy atom. The van der Waals surface area contributed by atoms with Crippen LogP contribution in [0.5, 0.6) is 0 Å². The zero-order chi connectivity index (χ0) is 28.4. The van der Waals surface area contributed by atoms with Crippen LogP contribution in [0.1, 0.15) is 65.9 Å². The molecule has 2 saturated heterocycles. The Labute approximate surface area is 230 Å². The molecular formula is C28H40N4O6S. The highest BCUT2D eigenvalue weighted by Crippen LogP contribution is 2.70. The van der Waals surface area contributed by atoms with E-state index in [4.69, 9.17) is 4.74 Å². The number of alkyl carbamates (subject to hydrolysis) is 1. The number of fused-ring (bicyclic) bond motifs is 1. The van der Waals surface area contributed by atoms with Crippen molar-refractivity contribution in [3.63, 3.8) is 0 Å². The molecule has 4 aliphatic rings. The van der Waals surface area contributed by atoms with E-state index in [9.17, 15) is 22.8 Å². The molecule has 2 heterocycles. The van der Waals surface area contributed by atoms with Crippen LogP contribution in [0.4, 0.5) is 4.79 Å². The SMILES string of the molecule is CC(C)(C)OC(=O)N[C@@H](Cc1ccccc1)C(=O)N1CC[C@@H](C(=O)N2[C@H]3C[C@@H]4CC[C@@]3(CS2(=O)=O)C4(C)C)N1. The van der Waals surface area contributed by atoms with Gasteiger partial charge in [0.1, 0.15) is 17.7 Å². The summed E-state index contributed by atoms with van der Waals surface area (Å²) in [5.41, 5.74) is 2.55. The van der Waals surface area contributed by atoms with E-state index in [0.29, 0.717) is 12.3 Å². The Kier molecular flexibility index (Phi) is 6.77. The van der Waals surface area contributed by atoms with Crippen molar-refractivity contribution in [2.24, 2.45) is 16.7 Å². The number of hydrogen-bond acceptors (Lipinski definition) is 7. The fourth-order valence-electron chi connectivity index (χ4n) is 7.35. The predicted octanol–water partition coefficient (Wildman–Crippen LogP) is 2.59.